The molecule has 0 saturated heterocycles. The van der Waals surface area contributed by atoms with Crippen LogP contribution in [-0.4, -0.2) is 33.4 Å². The zero-order valence-electron chi connectivity index (χ0n) is 19.0. The van der Waals surface area contributed by atoms with Crippen LogP contribution in [0, 0.1) is 10.1 Å². The number of nitrogens with zero attached hydrogens (tertiary/aromatic N) is 3. The molecule has 0 atom stereocenters. The molecule has 0 saturated carbocycles. The SMILES string of the molecule is O=C(O)CNC(=O)c1ccc(CN(Cc2ccccc2)c2nc(-c3cccc([N+](=O)[O-])c3)cs2)cc1. The second kappa shape index (κ2) is 11.2. The molecule has 0 radical (unpaired) electrons. The smallest absolute Gasteiger partial charge is 0.322 e. The third-order valence-corrected chi connectivity index (χ3v) is 6.22. The molecule has 0 aliphatic rings. The normalized spacial score (nSPS) is 10.6. The molecule has 4 rings (SSSR count). The van der Waals surface area contributed by atoms with Crippen LogP contribution in [0.1, 0.15) is 21.5 Å². The van der Waals surface area contributed by atoms with E-state index in [2.05, 4.69) is 10.2 Å². The lowest BCUT2D eigenvalue weighted by Crippen LogP contribution is -2.29. The van der Waals surface area contributed by atoms with E-state index in [9.17, 15) is 19.7 Å². The van der Waals surface area contributed by atoms with Crippen molar-refractivity contribution < 1.29 is 19.6 Å². The van der Waals surface area contributed by atoms with E-state index < -0.39 is 23.3 Å². The number of nitro benzene ring substituents is 1. The van der Waals surface area contributed by atoms with Gasteiger partial charge >= 0.3 is 5.97 Å². The summed E-state index contributed by atoms with van der Waals surface area (Å²) in [5, 5.41) is 24.9. The van der Waals surface area contributed by atoms with E-state index in [0.717, 1.165) is 16.3 Å². The van der Waals surface area contributed by atoms with E-state index in [1.807, 2.05) is 47.8 Å². The summed E-state index contributed by atoms with van der Waals surface area (Å²) in [6, 6.07) is 23.3. The third kappa shape index (κ3) is 6.30. The average molecular weight is 503 g/mol. The Morgan fingerprint density at radius 1 is 0.972 bits per heavy atom. The summed E-state index contributed by atoms with van der Waals surface area (Å²) in [4.78, 5) is 40.4. The minimum Gasteiger partial charge on any atom is -0.480 e. The number of thiazole rings is 1. The summed E-state index contributed by atoms with van der Waals surface area (Å²) in [6.07, 6.45) is 0. The van der Waals surface area contributed by atoms with Crippen LogP contribution in [0.5, 0.6) is 0 Å². The number of aromatic nitrogens is 1. The van der Waals surface area contributed by atoms with E-state index in [1.54, 1.807) is 24.3 Å². The molecule has 0 aliphatic carbocycles. The first-order valence-corrected chi connectivity index (χ1v) is 11.8. The van der Waals surface area contributed by atoms with Gasteiger partial charge in [-0.25, -0.2) is 4.98 Å². The van der Waals surface area contributed by atoms with Gasteiger partial charge in [0.2, 0.25) is 0 Å². The number of rotatable bonds is 10. The number of non-ortho nitro benzene ring substituents is 1. The molecule has 0 spiro atoms. The van der Waals surface area contributed by atoms with Gasteiger partial charge < -0.3 is 15.3 Å². The Labute approximate surface area is 210 Å². The molecule has 182 valence electrons. The van der Waals surface area contributed by atoms with Gasteiger partial charge in [-0.05, 0) is 23.3 Å². The highest BCUT2D eigenvalue weighted by molar-refractivity contribution is 7.14. The fraction of sp³-hybridized carbons (Fsp3) is 0.115. The van der Waals surface area contributed by atoms with Crippen LogP contribution in [0.4, 0.5) is 10.8 Å². The van der Waals surface area contributed by atoms with Crippen molar-refractivity contribution in [3.8, 4) is 11.3 Å². The van der Waals surface area contributed by atoms with Crippen molar-refractivity contribution in [2.45, 2.75) is 13.1 Å². The third-order valence-electron chi connectivity index (χ3n) is 5.32. The number of aliphatic carboxylic acids is 1. The summed E-state index contributed by atoms with van der Waals surface area (Å²) >= 11 is 1.45. The molecule has 1 amide bonds. The van der Waals surface area contributed by atoms with Crippen LogP contribution in [0.2, 0.25) is 0 Å². The van der Waals surface area contributed by atoms with Gasteiger partial charge in [0.1, 0.15) is 6.54 Å². The Morgan fingerprint density at radius 2 is 1.67 bits per heavy atom. The molecule has 1 aromatic heterocycles. The average Bonchev–Trinajstić information content (AvgIpc) is 3.38. The molecular weight excluding hydrogens is 480 g/mol. The number of nitrogens with one attached hydrogen (secondary N) is 1. The maximum absolute atomic E-state index is 12.1. The summed E-state index contributed by atoms with van der Waals surface area (Å²) in [6.45, 7) is 0.653. The molecule has 2 N–H and O–H groups in total. The van der Waals surface area contributed by atoms with E-state index in [1.165, 1.54) is 23.5 Å². The van der Waals surface area contributed by atoms with Crippen molar-refractivity contribution >= 4 is 34.0 Å². The Morgan fingerprint density at radius 3 is 2.33 bits per heavy atom. The first-order valence-electron chi connectivity index (χ1n) is 11.0. The highest BCUT2D eigenvalue weighted by Gasteiger charge is 2.16. The second-order valence-corrected chi connectivity index (χ2v) is 8.77. The summed E-state index contributed by atoms with van der Waals surface area (Å²) in [7, 11) is 0. The maximum Gasteiger partial charge on any atom is 0.322 e. The molecule has 0 bridgehead atoms. The molecule has 0 fully saturated rings. The lowest BCUT2D eigenvalue weighted by molar-refractivity contribution is -0.384. The number of carbonyl (C=O) groups excluding carboxylic acids is 1. The molecule has 4 aromatic rings. The summed E-state index contributed by atoms with van der Waals surface area (Å²) in [5.74, 6) is -1.56. The quantitative estimate of drug-likeness (QED) is 0.237. The van der Waals surface area contributed by atoms with Crippen LogP contribution < -0.4 is 10.2 Å². The van der Waals surface area contributed by atoms with Gasteiger partial charge in [0, 0.05) is 41.7 Å². The molecule has 0 aliphatic heterocycles. The van der Waals surface area contributed by atoms with Gasteiger partial charge in [0.05, 0.1) is 10.6 Å². The number of hydrogen-bond donors (Lipinski definition) is 2. The number of carboxylic acids is 1. The molecule has 10 heteroatoms. The first kappa shape index (κ1) is 24.6. The van der Waals surface area contributed by atoms with Crippen LogP contribution >= 0.6 is 11.3 Å². The number of carboxylic acid groups (broad SMARTS) is 1. The molecule has 36 heavy (non-hydrogen) atoms. The molecule has 0 unspecified atom stereocenters. The van der Waals surface area contributed by atoms with Crippen molar-refractivity contribution in [3.63, 3.8) is 0 Å². The van der Waals surface area contributed by atoms with Crippen molar-refractivity contribution in [1.29, 1.82) is 0 Å². The zero-order chi connectivity index (χ0) is 25.5. The fourth-order valence-electron chi connectivity index (χ4n) is 3.56. The Hall–Kier alpha value is -4.57. The van der Waals surface area contributed by atoms with E-state index >= 15 is 0 Å². The molecule has 3 aromatic carbocycles. The number of amides is 1. The lowest BCUT2D eigenvalue weighted by atomic mass is 10.1. The minimum absolute atomic E-state index is 0.00988. The van der Waals surface area contributed by atoms with Gasteiger partial charge in [-0.15, -0.1) is 11.3 Å². The van der Waals surface area contributed by atoms with Crippen LogP contribution in [0.3, 0.4) is 0 Å². The highest BCUT2D eigenvalue weighted by Crippen LogP contribution is 2.31. The topological polar surface area (TPSA) is 126 Å². The van der Waals surface area contributed by atoms with Gasteiger partial charge in [-0.2, -0.15) is 0 Å². The summed E-state index contributed by atoms with van der Waals surface area (Å²) < 4.78 is 0. The molecular formula is C26H22N4O5S. The van der Waals surface area contributed by atoms with E-state index in [4.69, 9.17) is 10.1 Å². The standard InChI is InChI=1S/C26H22N4O5S/c31-24(32)14-27-25(33)20-11-9-19(10-12-20)16-29(15-18-5-2-1-3-6-18)26-28-23(17-36-26)21-7-4-8-22(13-21)30(34)35/h1-13,17H,14-16H2,(H,27,33)(H,31,32). The number of hydrogen-bond acceptors (Lipinski definition) is 7. The van der Waals surface area contributed by atoms with E-state index in [0.29, 0.717) is 29.9 Å². The van der Waals surface area contributed by atoms with Crippen molar-refractivity contribution in [2.24, 2.45) is 0 Å². The Kier molecular flexibility index (Phi) is 7.66. The van der Waals surface area contributed by atoms with Crippen LogP contribution in [0.15, 0.2) is 84.2 Å². The first-order chi connectivity index (χ1) is 17.4. The van der Waals surface area contributed by atoms with Crippen LogP contribution in [0.25, 0.3) is 11.3 Å². The highest BCUT2D eigenvalue weighted by atomic mass is 32.1. The zero-order valence-corrected chi connectivity index (χ0v) is 19.9. The number of anilines is 1. The lowest BCUT2D eigenvalue weighted by Gasteiger charge is -2.22. The van der Waals surface area contributed by atoms with Gasteiger partial charge in [-0.3, -0.25) is 19.7 Å². The van der Waals surface area contributed by atoms with Gasteiger partial charge in [0.15, 0.2) is 5.13 Å². The van der Waals surface area contributed by atoms with Crippen LogP contribution in [-0.2, 0) is 17.9 Å². The maximum atomic E-state index is 12.1. The predicted octanol–water partition coefficient (Wildman–Crippen LogP) is 4.74. The largest absolute Gasteiger partial charge is 0.480 e. The monoisotopic (exact) mass is 502 g/mol. The van der Waals surface area contributed by atoms with Crippen molar-refractivity contribution in [1.82, 2.24) is 10.3 Å². The molecule has 9 nitrogen and oxygen atoms in total. The number of carbonyl (C=O) groups is 2. The number of benzene rings is 3. The van der Waals surface area contributed by atoms with Gasteiger partial charge in [0.25, 0.3) is 11.6 Å². The van der Waals surface area contributed by atoms with Crippen molar-refractivity contribution in [3.05, 3.63) is 111 Å². The van der Waals surface area contributed by atoms with Gasteiger partial charge in [-0.1, -0.05) is 54.6 Å². The predicted molar refractivity (Wildman–Crippen MR) is 137 cm³/mol. The second-order valence-electron chi connectivity index (χ2n) is 7.94. The Bertz CT molecular complexity index is 1370. The Balaban J connectivity index is 1.57. The van der Waals surface area contributed by atoms with E-state index in [-0.39, 0.29) is 5.69 Å². The fourth-order valence-corrected chi connectivity index (χ4v) is 4.39. The summed E-state index contributed by atoms with van der Waals surface area (Å²) in [5.41, 5.74) is 3.74. The minimum atomic E-state index is -1.11. The number of nitro groups is 1. The van der Waals surface area contributed by atoms with Crippen molar-refractivity contribution in [2.75, 3.05) is 11.4 Å². The molecule has 1 heterocycles.